The summed E-state index contributed by atoms with van der Waals surface area (Å²) in [6.45, 7) is 2.56. The summed E-state index contributed by atoms with van der Waals surface area (Å²) in [5.74, 6) is 0.515. The van der Waals surface area contributed by atoms with E-state index in [1.54, 1.807) is 22.8 Å². The number of thioether (sulfide) groups is 1. The second-order valence-corrected chi connectivity index (χ2v) is 9.25. The van der Waals surface area contributed by atoms with Gasteiger partial charge in [0.1, 0.15) is 0 Å². The molecule has 0 unspecified atom stereocenters. The number of nitrogens with one attached hydrogen (secondary N) is 2. The van der Waals surface area contributed by atoms with Crippen molar-refractivity contribution in [3.05, 3.63) is 77.1 Å². The first kappa shape index (κ1) is 24.4. The van der Waals surface area contributed by atoms with Crippen LogP contribution in [-0.4, -0.2) is 34.0 Å². The maximum Gasteiger partial charge on any atom is 0.325 e. The van der Waals surface area contributed by atoms with Crippen molar-refractivity contribution < 1.29 is 19.1 Å². The maximum atomic E-state index is 13.4. The summed E-state index contributed by atoms with van der Waals surface area (Å²) in [6, 6.07) is 19.7. The maximum absolute atomic E-state index is 13.4. The van der Waals surface area contributed by atoms with Crippen molar-refractivity contribution in [1.82, 2.24) is 14.9 Å². The smallest absolute Gasteiger partial charge is 0.325 e. The van der Waals surface area contributed by atoms with Crippen LogP contribution in [0.1, 0.15) is 13.3 Å². The number of carbonyl (C=O) groups excluding carboxylic acids is 2. The quantitative estimate of drug-likeness (QED) is 0.272. The standard InChI is InChI=1S/C27H24N4O5S/c1-2-12-31-25(33)20-13-18(17-6-4-3-5-7-17)8-10-21(20)29-27(31)37-15-24(32)30-26(34)28-19-9-11-22-23(14-19)36-16-35-22/h3-11,13-14H,2,12,15-16H2,1H3,(H2,28,30,32,34). The number of amides is 3. The van der Waals surface area contributed by atoms with Crippen molar-refractivity contribution in [2.45, 2.75) is 25.0 Å². The molecule has 9 nitrogen and oxygen atoms in total. The van der Waals surface area contributed by atoms with Gasteiger partial charge in [-0.3, -0.25) is 19.5 Å². The summed E-state index contributed by atoms with van der Waals surface area (Å²) in [7, 11) is 0. The Morgan fingerprint density at radius 3 is 2.62 bits per heavy atom. The number of ether oxygens (including phenoxy) is 2. The summed E-state index contributed by atoms with van der Waals surface area (Å²) in [6.07, 6.45) is 0.725. The number of rotatable bonds is 7. The van der Waals surface area contributed by atoms with E-state index in [1.807, 2.05) is 55.5 Å². The van der Waals surface area contributed by atoms with E-state index >= 15 is 0 Å². The van der Waals surface area contributed by atoms with E-state index in [0.29, 0.717) is 39.8 Å². The minimum Gasteiger partial charge on any atom is -0.454 e. The van der Waals surface area contributed by atoms with Crippen LogP contribution in [0.2, 0.25) is 0 Å². The Bertz CT molecular complexity index is 1540. The van der Waals surface area contributed by atoms with Crippen LogP contribution in [-0.2, 0) is 11.3 Å². The van der Waals surface area contributed by atoms with Gasteiger partial charge in [-0.1, -0.05) is 55.1 Å². The van der Waals surface area contributed by atoms with Gasteiger partial charge in [-0.15, -0.1) is 0 Å². The Hall–Kier alpha value is -4.31. The number of fused-ring (bicyclic) bond motifs is 2. The largest absolute Gasteiger partial charge is 0.454 e. The third kappa shape index (κ3) is 5.44. The van der Waals surface area contributed by atoms with Gasteiger partial charge in [-0.05, 0) is 41.8 Å². The van der Waals surface area contributed by atoms with Crippen molar-refractivity contribution >= 4 is 40.3 Å². The lowest BCUT2D eigenvalue weighted by molar-refractivity contribution is -0.117. The number of hydrogen-bond donors (Lipinski definition) is 2. The minimum absolute atomic E-state index is 0.0850. The van der Waals surface area contributed by atoms with Crippen LogP contribution in [0.15, 0.2) is 76.7 Å². The Labute approximate surface area is 216 Å². The van der Waals surface area contributed by atoms with Crippen molar-refractivity contribution in [3.63, 3.8) is 0 Å². The monoisotopic (exact) mass is 516 g/mol. The number of carbonyl (C=O) groups is 2. The van der Waals surface area contributed by atoms with E-state index in [-0.39, 0.29) is 18.1 Å². The number of hydrogen-bond acceptors (Lipinski definition) is 7. The van der Waals surface area contributed by atoms with Crippen molar-refractivity contribution in [2.24, 2.45) is 0 Å². The second-order valence-electron chi connectivity index (χ2n) is 8.31. The van der Waals surface area contributed by atoms with Gasteiger partial charge >= 0.3 is 6.03 Å². The molecule has 5 rings (SSSR count). The highest BCUT2D eigenvalue weighted by Crippen LogP contribution is 2.34. The summed E-state index contributed by atoms with van der Waals surface area (Å²) in [4.78, 5) is 42.8. The topological polar surface area (TPSA) is 112 Å². The van der Waals surface area contributed by atoms with Gasteiger partial charge < -0.3 is 14.8 Å². The fourth-order valence-electron chi connectivity index (χ4n) is 3.97. The number of anilines is 1. The Balaban J connectivity index is 1.29. The predicted molar refractivity (Wildman–Crippen MR) is 142 cm³/mol. The zero-order valence-corrected chi connectivity index (χ0v) is 20.8. The molecule has 0 radical (unpaired) electrons. The van der Waals surface area contributed by atoms with E-state index in [1.165, 1.54) is 0 Å². The molecule has 1 aliphatic rings. The zero-order valence-electron chi connectivity index (χ0n) is 20.0. The molecule has 2 N–H and O–H groups in total. The number of imide groups is 1. The predicted octanol–water partition coefficient (Wildman–Crippen LogP) is 4.64. The molecule has 0 atom stereocenters. The van der Waals surface area contributed by atoms with Crippen LogP contribution >= 0.6 is 11.8 Å². The van der Waals surface area contributed by atoms with Crippen LogP contribution < -0.4 is 25.7 Å². The molecule has 37 heavy (non-hydrogen) atoms. The summed E-state index contributed by atoms with van der Waals surface area (Å²) >= 11 is 1.11. The highest BCUT2D eigenvalue weighted by Gasteiger charge is 2.17. The number of benzene rings is 3. The first-order valence-electron chi connectivity index (χ1n) is 11.7. The van der Waals surface area contributed by atoms with Gasteiger partial charge in [0.05, 0.1) is 16.7 Å². The Kier molecular flexibility index (Phi) is 7.09. The van der Waals surface area contributed by atoms with E-state index in [0.717, 1.165) is 29.3 Å². The summed E-state index contributed by atoms with van der Waals surface area (Å²) < 4.78 is 12.1. The average Bonchev–Trinajstić information content (AvgIpc) is 3.37. The SMILES string of the molecule is CCCn1c(SCC(=O)NC(=O)Nc2ccc3c(c2)OCO3)nc2ccc(-c3ccccc3)cc2c1=O. The highest BCUT2D eigenvalue weighted by atomic mass is 32.2. The molecule has 3 amide bonds. The summed E-state index contributed by atoms with van der Waals surface area (Å²) in [5, 5.41) is 5.85. The van der Waals surface area contributed by atoms with Gasteiger partial charge in [0.25, 0.3) is 5.56 Å². The van der Waals surface area contributed by atoms with E-state index in [4.69, 9.17) is 9.47 Å². The molecule has 0 fully saturated rings. The lowest BCUT2D eigenvalue weighted by Gasteiger charge is -2.13. The number of urea groups is 1. The Morgan fingerprint density at radius 1 is 1.00 bits per heavy atom. The van der Waals surface area contributed by atoms with Gasteiger partial charge in [0.2, 0.25) is 12.7 Å². The zero-order chi connectivity index (χ0) is 25.8. The van der Waals surface area contributed by atoms with Gasteiger partial charge in [-0.2, -0.15) is 0 Å². The molecule has 1 aromatic heterocycles. The van der Waals surface area contributed by atoms with Crippen LogP contribution in [0.4, 0.5) is 10.5 Å². The second kappa shape index (κ2) is 10.8. The summed E-state index contributed by atoms with van der Waals surface area (Å²) in [5.41, 5.74) is 2.81. The van der Waals surface area contributed by atoms with Crippen molar-refractivity contribution in [3.8, 4) is 22.6 Å². The van der Waals surface area contributed by atoms with Crippen LogP contribution in [0.3, 0.4) is 0 Å². The molecule has 188 valence electrons. The molecule has 3 aromatic carbocycles. The number of aromatic nitrogens is 2. The third-order valence-corrected chi connectivity index (χ3v) is 6.67. The molecule has 0 saturated heterocycles. The fraction of sp³-hybridized carbons (Fsp3) is 0.185. The lowest BCUT2D eigenvalue weighted by atomic mass is 10.0. The van der Waals surface area contributed by atoms with E-state index < -0.39 is 11.9 Å². The first-order chi connectivity index (χ1) is 18.0. The minimum atomic E-state index is -0.671. The lowest BCUT2D eigenvalue weighted by Crippen LogP contribution is -2.35. The van der Waals surface area contributed by atoms with Crippen LogP contribution in [0.25, 0.3) is 22.0 Å². The van der Waals surface area contributed by atoms with Crippen LogP contribution in [0, 0.1) is 0 Å². The molecule has 1 aliphatic heterocycles. The first-order valence-corrected chi connectivity index (χ1v) is 12.7. The highest BCUT2D eigenvalue weighted by molar-refractivity contribution is 7.99. The van der Waals surface area contributed by atoms with E-state index in [9.17, 15) is 14.4 Å². The number of nitrogens with zero attached hydrogens (tertiary/aromatic N) is 2. The van der Waals surface area contributed by atoms with Gasteiger partial charge in [0, 0.05) is 18.3 Å². The molecule has 0 spiro atoms. The van der Waals surface area contributed by atoms with E-state index in [2.05, 4.69) is 15.6 Å². The molecular weight excluding hydrogens is 492 g/mol. The molecule has 10 heteroatoms. The molecule has 0 saturated carbocycles. The molecule has 0 bridgehead atoms. The molecule has 2 heterocycles. The molecular formula is C27H24N4O5S. The third-order valence-electron chi connectivity index (χ3n) is 5.69. The van der Waals surface area contributed by atoms with Crippen molar-refractivity contribution in [1.29, 1.82) is 0 Å². The fourth-order valence-corrected chi connectivity index (χ4v) is 4.80. The Morgan fingerprint density at radius 2 is 1.81 bits per heavy atom. The van der Waals surface area contributed by atoms with Crippen molar-refractivity contribution in [2.75, 3.05) is 17.9 Å². The molecule has 4 aromatic rings. The van der Waals surface area contributed by atoms with Gasteiger partial charge in [0.15, 0.2) is 16.7 Å². The normalized spacial score (nSPS) is 11.9. The average molecular weight is 517 g/mol. The van der Waals surface area contributed by atoms with Crippen LogP contribution in [0.5, 0.6) is 11.5 Å². The van der Waals surface area contributed by atoms with Gasteiger partial charge in [-0.25, -0.2) is 9.78 Å². The molecule has 0 aliphatic carbocycles.